The molecule has 0 bridgehead atoms. The van der Waals surface area contributed by atoms with Gasteiger partial charge in [-0.1, -0.05) is 0 Å². The predicted octanol–water partition coefficient (Wildman–Crippen LogP) is 2.02. The minimum atomic E-state index is -0.514. The summed E-state index contributed by atoms with van der Waals surface area (Å²) in [6.07, 6.45) is -0.456. The highest BCUT2D eigenvalue weighted by molar-refractivity contribution is 5.71. The molecule has 1 N–H and O–H groups in total. The molecular formula is C31H61NO14. The summed E-state index contributed by atoms with van der Waals surface area (Å²) in [4.78, 5) is 23.0. The quantitative estimate of drug-likeness (QED) is 0.0818. The summed E-state index contributed by atoms with van der Waals surface area (Å²) >= 11 is 0. The second kappa shape index (κ2) is 30.7. The summed E-state index contributed by atoms with van der Waals surface area (Å²) in [5.41, 5.74) is -1.03. The molecule has 0 radical (unpaired) electrons. The molecule has 15 nitrogen and oxygen atoms in total. The van der Waals surface area contributed by atoms with Crippen LogP contribution in [0.1, 0.15) is 41.5 Å². The third kappa shape index (κ3) is 38.5. The first-order chi connectivity index (χ1) is 22.0. The maximum Gasteiger partial charge on any atom is 0.407 e. The van der Waals surface area contributed by atoms with Crippen molar-refractivity contribution in [1.82, 2.24) is 5.32 Å². The highest BCUT2D eigenvalue weighted by Crippen LogP contribution is 2.07. The van der Waals surface area contributed by atoms with Crippen molar-refractivity contribution in [3.63, 3.8) is 0 Å². The van der Waals surface area contributed by atoms with Crippen LogP contribution in [0, 0.1) is 0 Å². The van der Waals surface area contributed by atoms with Gasteiger partial charge >= 0.3 is 12.1 Å². The SMILES string of the molecule is CC(C)(C)OC(=O)COCCOCCOCCOCCOCCOCCOCCOCCOCCOCCNC(=O)OC(C)(C)C. The Balaban J connectivity index is 3.15. The van der Waals surface area contributed by atoms with Crippen molar-refractivity contribution in [2.24, 2.45) is 0 Å². The zero-order valence-electron chi connectivity index (χ0n) is 29.1. The Morgan fingerprint density at radius 1 is 0.391 bits per heavy atom. The minimum Gasteiger partial charge on any atom is -0.458 e. The van der Waals surface area contributed by atoms with Crippen LogP contribution >= 0.6 is 0 Å². The first kappa shape index (κ1) is 44.3. The molecule has 0 aromatic heterocycles. The number of esters is 1. The number of nitrogens with one attached hydrogen (secondary N) is 1. The monoisotopic (exact) mass is 671 g/mol. The number of hydrogen-bond donors (Lipinski definition) is 1. The van der Waals surface area contributed by atoms with E-state index in [1.165, 1.54) is 0 Å². The first-order valence-electron chi connectivity index (χ1n) is 16.0. The molecule has 46 heavy (non-hydrogen) atoms. The fourth-order valence-electron chi connectivity index (χ4n) is 3.05. The predicted molar refractivity (Wildman–Crippen MR) is 168 cm³/mol. The van der Waals surface area contributed by atoms with Gasteiger partial charge in [0.1, 0.15) is 17.8 Å². The summed E-state index contributed by atoms with van der Waals surface area (Å²) in [6.45, 7) is 19.7. The van der Waals surface area contributed by atoms with Gasteiger partial charge in [0.05, 0.1) is 126 Å². The fourth-order valence-corrected chi connectivity index (χ4v) is 3.05. The number of ether oxygens (including phenoxy) is 12. The molecule has 0 atom stereocenters. The minimum absolute atomic E-state index is 0.0870. The second-order valence-electron chi connectivity index (χ2n) is 11.6. The second-order valence-corrected chi connectivity index (χ2v) is 11.6. The highest BCUT2D eigenvalue weighted by Gasteiger charge is 2.16. The molecule has 0 unspecified atom stereocenters. The molecule has 0 aromatic rings. The number of carbonyl (C=O) groups excluding carboxylic acids is 2. The normalized spacial score (nSPS) is 12.0. The molecule has 0 aliphatic heterocycles. The summed E-state index contributed by atoms with van der Waals surface area (Å²) in [6, 6.07) is 0. The largest absolute Gasteiger partial charge is 0.458 e. The van der Waals surface area contributed by atoms with Crippen LogP contribution in [0.25, 0.3) is 0 Å². The van der Waals surface area contributed by atoms with Crippen LogP contribution in [0.5, 0.6) is 0 Å². The lowest BCUT2D eigenvalue weighted by atomic mass is 10.2. The molecule has 0 heterocycles. The Morgan fingerprint density at radius 2 is 0.652 bits per heavy atom. The van der Waals surface area contributed by atoms with E-state index in [1.54, 1.807) is 0 Å². The van der Waals surface area contributed by atoms with Crippen LogP contribution in [-0.2, 0) is 61.6 Å². The maximum atomic E-state index is 11.5. The van der Waals surface area contributed by atoms with Crippen molar-refractivity contribution in [3.05, 3.63) is 0 Å². The topological polar surface area (TPSA) is 157 Å². The van der Waals surface area contributed by atoms with Crippen molar-refractivity contribution in [2.75, 3.05) is 139 Å². The van der Waals surface area contributed by atoms with Crippen molar-refractivity contribution >= 4 is 12.1 Å². The molecule has 0 rings (SSSR count). The van der Waals surface area contributed by atoms with Gasteiger partial charge < -0.3 is 62.2 Å². The lowest BCUT2D eigenvalue weighted by Gasteiger charge is -2.19. The summed E-state index contributed by atoms with van der Waals surface area (Å²) < 4.78 is 64.4. The average Bonchev–Trinajstić information content (AvgIpc) is 2.96. The fraction of sp³-hybridized carbons (Fsp3) is 0.935. The Kier molecular flexibility index (Phi) is 29.6. The van der Waals surface area contributed by atoms with Gasteiger partial charge in [-0.05, 0) is 41.5 Å². The molecule has 0 spiro atoms. The number of alkyl carbamates (subject to hydrolysis) is 1. The smallest absolute Gasteiger partial charge is 0.407 e. The molecule has 0 saturated heterocycles. The van der Waals surface area contributed by atoms with Crippen LogP contribution in [0.4, 0.5) is 4.79 Å². The highest BCUT2D eigenvalue weighted by atomic mass is 16.6. The van der Waals surface area contributed by atoms with E-state index in [2.05, 4.69) is 5.32 Å². The van der Waals surface area contributed by atoms with Gasteiger partial charge in [0, 0.05) is 6.54 Å². The van der Waals surface area contributed by atoms with Crippen LogP contribution < -0.4 is 5.32 Å². The van der Waals surface area contributed by atoms with Crippen molar-refractivity contribution in [3.8, 4) is 0 Å². The number of amides is 1. The standard InChI is InChI=1S/C31H61NO14/c1-30(2,3)45-28(33)27-44-26-25-43-24-23-42-22-21-41-20-19-40-18-17-39-16-15-38-14-13-37-12-11-36-10-9-35-8-7-32-29(34)46-31(4,5)6/h7-27H2,1-6H3,(H,32,34). The van der Waals surface area contributed by atoms with Gasteiger partial charge in [-0.25, -0.2) is 9.59 Å². The van der Waals surface area contributed by atoms with Gasteiger partial charge in [0.2, 0.25) is 0 Å². The molecule has 0 saturated carbocycles. The van der Waals surface area contributed by atoms with Gasteiger partial charge in [-0.15, -0.1) is 0 Å². The van der Waals surface area contributed by atoms with E-state index in [1.807, 2.05) is 41.5 Å². The first-order valence-corrected chi connectivity index (χ1v) is 16.0. The molecule has 0 aliphatic rings. The van der Waals surface area contributed by atoms with Gasteiger partial charge in [0.15, 0.2) is 0 Å². The van der Waals surface area contributed by atoms with E-state index in [9.17, 15) is 9.59 Å². The van der Waals surface area contributed by atoms with E-state index in [0.29, 0.717) is 132 Å². The number of carbonyl (C=O) groups is 2. The maximum absolute atomic E-state index is 11.5. The summed E-state index contributed by atoms with van der Waals surface area (Å²) in [7, 11) is 0. The van der Waals surface area contributed by atoms with Crippen LogP contribution in [0.15, 0.2) is 0 Å². The molecule has 0 aromatic carbocycles. The van der Waals surface area contributed by atoms with E-state index in [4.69, 9.17) is 56.8 Å². The van der Waals surface area contributed by atoms with Crippen LogP contribution in [0.2, 0.25) is 0 Å². The zero-order valence-corrected chi connectivity index (χ0v) is 29.1. The number of rotatable bonds is 32. The van der Waals surface area contributed by atoms with Crippen molar-refractivity contribution in [2.45, 2.75) is 52.7 Å². The van der Waals surface area contributed by atoms with Gasteiger partial charge in [-0.3, -0.25) is 0 Å². The lowest BCUT2D eigenvalue weighted by Crippen LogP contribution is -2.34. The molecule has 15 heteroatoms. The third-order valence-corrected chi connectivity index (χ3v) is 4.90. The molecule has 1 amide bonds. The van der Waals surface area contributed by atoms with Crippen molar-refractivity contribution < 1.29 is 66.4 Å². The van der Waals surface area contributed by atoms with Crippen LogP contribution in [0.3, 0.4) is 0 Å². The molecule has 0 fully saturated rings. The summed E-state index contributed by atoms with van der Waals surface area (Å²) in [5, 5.41) is 2.62. The van der Waals surface area contributed by atoms with Gasteiger partial charge in [-0.2, -0.15) is 0 Å². The van der Waals surface area contributed by atoms with Gasteiger partial charge in [0.25, 0.3) is 0 Å². The third-order valence-electron chi connectivity index (χ3n) is 4.90. The van der Waals surface area contributed by atoms with E-state index in [0.717, 1.165) is 0 Å². The van der Waals surface area contributed by atoms with Crippen LogP contribution in [-0.4, -0.2) is 162 Å². The van der Waals surface area contributed by atoms with E-state index in [-0.39, 0.29) is 6.61 Å². The average molecular weight is 672 g/mol. The molecule has 274 valence electrons. The molecular weight excluding hydrogens is 610 g/mol. The Morgan fingerprint density at radius 3 is 0.935 bits per heavy atom. The number of hydrogen-bond acceptors (Lipinski definition) is 14. The lowest BCUT2D eigenvalue weighted by molar-refractivity contribution is -0.160. The zero-order chi connectivity index (χ0) is 34.2. The summed E-state index contributed by atoms with van der Waals surface area (Å²) in [5.74, 6) is -0.390. The molecule has 0 aliphatic carbocycles. The van der Waals surface area contributed by atoms with E-state index >= 15 is 0 Å². The Hall–Kier alpha value is -1.66. The van der Waals surface area contributed by atoms with E-state index < -0.39 is 23.3 Å². The Labute approximate surface area is 275 Å². The Bertz CT molecular complexity index is 642. The van der Waals surface area contributed by atoms with Crippen molar-refractivity contribution in [1.29, 1.82) is 0 Å².